The second kappa shape index (κ2) is 16.8. The number of likely N-dealkylation sites (tertiary alicyclic amines) is 2. The van der Waals surface area contributed by atoms with Crippen LogP contribution in [0.1, 0.15) is 35.3 Å². The third kappa shape index (κ3) is 9.21. The van der Waals surface area contributed by atoms with Crippen molar-refractivity contribution in [2.45, 2.75) is 33.3 Å². The standard InChI is InChI=1S/C32H38ClN5O6.C7H8/c1-18(2)44-27-8-5-19(9-28(27)43-4)32(42)38-15-21-14-37(17-25(24(21)16-38)31(41)36-13-29(39)34-3)30(40)10-20-12-35-26-11-22(33)6-7-23(20)26;1-7-5-3-2-4-6-7/h5-9,11-12,18,21,24-25,35H,10,13-17H2,1-4H3,(H,34,39)(H,36,41);2-6H,1H3. The van der Waals surface area contributed by atoms with E-state index in [2.05, 4.69) is 34.7 Å². The lowest BCUT2D eigenvalue weighted by Gasteiger charge is -2.39. The van der Waals surface area contributed by atoms with Gasteiger partial charge in [0.25, 0.3) is 5.91 Å². The van der Waals surface area contributed by atoms with Gasteiger partial charge in [-0.1, -0.05) is 53.6 Å². The topological polar surface area (TPSA) is 133 Å². The number of hydrogen-bond donors (Lipinski definition) is 3. The van der Waals surface area contributed by atoms with E-state index in [0.717, 1.165) is 16.5 Å². The van der Waals surface area contributed by atoms with E-state index in [1.54, 1.807) is 40.3 Å². The second-order valence-corrected chi connectivity index (χ2v) is 13.7. The van der Waals surface area contributed by atoms with Gasteiger partial charge in [-0.05, 0) is 68.5 Å². The largest absolute Gasteiger partial charge is 0.493 e. The van der Waals surface area contributed by atoms with Crippen molar-refractivity contribution in [3.05, 3.63) is 94.6 Å². The van der Waals surface area contributed by atoms with Crippen molar-refractivity contribution in [1.29, 1.82) is 0 Å². The van der Waals surface area contributed by atoms with Crippen LogP contribution in [0.5, 0.6) is 11.5 Å². The highest BCUT2D eigenvalue weighted by Gasteiger charge is 2.48. The molecule has 3 unspecified atom stereocenters. The number of ether oxygens (including phenoxy) is 2. The molecular weight excluding hydrogens is 670 g/mol. The van der Waals surface area contributed by atoms with Crippen LogP contribution in [0, 0.1) is 24.7 Å². The molecule has 6 rings (SSSR count). The zero-order valence-corrected chi connectivity index (χ0v) is 30.5. The SMILES string of the molecule is CNC(=O)CNC(=O)C1CN(C(=O)Cc2c[nH]c3cc(Cl)ccc23)CC2CN(C(=O)c3ccc(OC(C)C)c(OC)c3)CC21.Cc1ccccc1. The van der Waals surface area contributed by atoms with Gasteiger partial charge in [0.05, 0.1) is 32.1 Å². The van der Waals surface area contributed by atoms with Crippen LogP contribution < -0.4 is 20.1 Å². The van der Waals surface area contributed by atoms with Crippen LogP contribution in [0.25, 0.3) is 10.9 Å². The van der Waals surface area contributed by atoms with E-state index in [-0.39, 0.29) is 61.1 Å². The van der Waals surface area contributed by atoms with Crippen LogP contribution in [-0.2, 0) is 20.8 Å². The number of rotatable bonds is 9. The van der Waals surface area contributed by atoms with Crippen molar-refractivity contribution >= 4 is 46.1 Å². The van der Waals surface area contributed by atoms with Crippen LogP contribution in [0.4, 0.5) is 0 Å². The number of carbonyl (C=O) groups is 4. The third-order valence-corrected chi connectivity index (χ3v) is 9.58. The fraction of sp³-hybridized carbons (Fsp3) is 0.385. The second-order valence-electron chi connectivity index (χ2n) is 13.3. The molecular formula is C39H46ClN5O6. The maximum atomic E-state index is 13.7. The minimum Gasteiger partial charge on any atom is -0.493 e. The minimum atomic E-state index is -0.585. The summed E-state index contributed by atoms with van der Waals surface area (Å²) in [4.78, 5) is 59.2. The van der Waals surface area contributed by atoms with Gasteiger partial charge < -0.3 is 34.9 Å². The van der Waals surface area contributed by atoms with E-state index < -0.39 is 5.92 Å². The number of benzene rings is 3. The molecule has 3 aromatic carbocycles. The van der Waals surface area contributed by atoms with E-state index in [1.807, 2.05) is 44.2 Å². The first-order chi connectivity index (χ1) is 24.5. The Bertz CT molecular complexity index is 1860. The lowest BCUT2D eigenvalue weighted by molar-refractivity contribution is -0.139. The summed E-state index contributed by atoms with van der Waals surface area (Å²) in [5.41, 5.74) is 3.45. The Morgan fingerprint density at radius 1 is 0.941 bits per heavy atom. The van der Waals surface area contributed by atoms with Gasteiger partial charge in [-0.15, -0.1) is 0 Å². The summed E-state index contributed by atoms with van der Waals surface area (Å²) in [5.74, 6) is -0.786. The Balaban J connectivity index is 0.000000643. The van der Waals surface area contributed by atoms with E-state index >= 15 is 0 Å². The number of carbonyl (C=O) groups excluding carboxylic acids is 4. The highest BCUT2D eigenvalue weighted by Crippen LogP contribution is 2.37. The monoisotopic (exact) mass is 715 g/mol. The number of aryl methyl sites for hydroxylation is 1. The van der Waals surface area contributed by atoms with Gasteiger partial charge in [0.2, 0.25) is 17.7 Å². The molecule has 3 heterocycles. The number of piperidine rings is 1. The fourth-order valence-corrected chi connectivity index (χ4v) is 6.93. The number of nitrogens with zero attached hydrogens (tertiary/aromatic N) is 2. The Kier molecular flexibility index (Phi) is 12.3. The minimum absolute atomic E-state index is 0.0567. The molecule has 2 saturated heterocycles. The number of amides is 4. The highest BCUT2D eigenvalue weighted by molar-refractivity contribution is 6.31. The molecule has 0 radical (unpaired) electrons. The number of hydrogen-bond acceptors (Lipinski definition) is 6. The van der Waals surface area contributed by atoms with Crippen LogP contribution in [0.15, 0.2) is 72.9 Å². The Morgan fingerprint density at radius 3 is 2.35 bits per heavy atom. The average Bonchev–Trinajstić information content (AvgIpc) is 3.74. The maximum Gasteiger partial charge on any atom is 0.254 e. The number of likely N-dealkylation sites (N-methyl/N-ethyl adjacent to an activating group) is 1. The first kappa shape index (κ1) is 37.2. The van der Waals surface area contributed by atoms with E-state index in [0.29, 0.717) is 41.7 Å². The van der Waals surface area contributed by atoms with Gasteiger partial charge in [0.15, 0.2) is 11.5 Å². The van der Waals surface area contributed by atoms with Crippen LogP contribution in [-0.4, -0.2) is 91.4 Å². The number of methoxy groups -OCH3 is 1. The molecule has 4 amide bonds. The van der Waals surface area contributed by atoms with Crippen LogP contribution >= 0.6 is 11.6 Å². The summed E-state index contributed by atoms with van der Waals surface area (Å²) < 4.78 is 11.3. The summed E-state index contributed by atoms with van der Waals surface area (Å²) in [6.45, 7) is 7.12. The molecule has 2 fully saturated rings. The maximum absolute atomic E-state index is 13.7. The first-order valence-corrected chi connectivity index (χ1v) is 17.5. The van der Waals surface area contributed by atoms with Crippen LogP contribution in [0.2, 0.25) is 5.02 Å². The number of fused-ring (bicyclic) bond motifs is 2. The molecule has 11 nitrogen and oxygen atoms in total. The summed E-state index contributed by atoms with van der Waals surface area (Å²) in [6, 6.07) is 20.8. The Labute approximate surface area is 303 Å². The molecule has 0 saturated carbocycles. The van der Waals surface area contributed by atoms with Gasteiger partial charge in [0.1, 0.15) is 0 Å². The molecule has 0 spiro atoms. The fourth-order valence-electron chi connectivity index (χ4n) is 6.76. The predicted octanol–water partition coefficient (Wildman–Crippen LogP) is 4.86. The molecule has 1 aromatic heterocycles. The molecule has 2 aliphatic heterocycles. The summed E-state index contributed by atoms with van der Waals surface area (Å²) in [6.07, 6.45) is 1.90. The van der Waals surface area contributed by atoms with Crippen molar-refractivity contribution in [3.8, 4) is 11.5 Å². The quantitative estimate of drug-likeness (QED) is 0.227. The van der Waals surface area contributed by atoms with Crippen molar-refractivity contribution in [1.82, 2.24) is 25.4 Å². The molecule has 3 atom stereocenters. The smallest absolute Gasteiger partial charge is 0.254 e. The van der Waals surface area contributed by atoms with Crippen molar-refractivity contribution < 1.29 is 28.7 Å². The van der Waals surface area contributed by atoms with Gasteiger partial charge in [-0.2, -0.15) is 0 Å². The van der Waals surface area contributed by atoms with Gasteiger partial charge in [-0.25, -0.2) is 0 Å². The van der Waals surface area contributed by atoms with Gasteiger partial charge in [0, 0.05) is 60.9 Å². The number of nitrogens with one attached hydrogen (secondary N) is 3. The number of halogens is 1. The first-order valence-electron chi connectivity index (χ1n) is 17.1. The molecule has 0 bridgehead atoms. The molecule has 270 valence electrons. The van der Waals surface area contributed by atoms with E-state index in [9.17, 15) is 19.2 Å². The van der Waals surface area contributed by atoms with E-state index in [4.69, 9.17) is 21.1 Å². The van der Waals surface area contributed by atoms with Crippen molar-refractivity contribution in [2.24, 2.45) is 17.8 Å². The van der Waals surface area contributed by atoms with Crippen molar-refractivity contribution in [2.75, 3.05) is 46.9 Å². The van der Waals surface area contributed by atoms with Gasteiger partial charge in [-0.3, -0.25) is 19.2 Å². The van der Waals surface area contributed by atoms with Crippen molar-refractivity contribution in [3.63, 3.8) is 0 Å². The zero-order valence-electron chi connectivity index (χ0n) is 29.7. The normalized spacial score (nSPS) is 18.1. The highest BCUT2D eigenvalue weighted by atomic mass is 35.5. The molecule has 3 N–H and O–H groups in total. The van der Waals surface area contributed by atoms with Gasteiger partial charge >= 0.3 is 0 Å². The third-order valence-electron chi connectivity index (χ3n) is 9.34. The van der Waals surface area contributed by atoms with E-state index in [1.165, 1.54) is 19.7 Å². The average molecular weight is 716 g/mol. The molecule has 0 aliphatic carbocycles. The Hall–Kier alpha value is -5.03. The number of aromatic amines is 1. The molecule has 2 aliphatic rings. The predicted molar refractivity (Wildman–Crippen MR) is 197 cm³/mol. The lowest BCUT2D eigenvalue weighted by atomic mass is 9.79. The van der Waals surface area contributed by atoms with Crippen LogP contribution in [0.3, 0.4) is 0 Å². The molecule has 12 heteroatoms. The summed E-state index contributed by atoms with van der Waals surface area (Å²) >= 11 is 6.12. The lowest BCUT2D eigenvalue weighted by Crippen LogP contribution is -2.54. The number of aromatic nitrogens is 1. The Morgan fingerprint density at radius 2 is 1.69 bits per heavy atom. The summed E-state index contributed by atoms with van der Waals surface area (Å²) in [7, 11) is 3.03. The summed E-state index contributed by atoms with van der Waals surface area (Å²) in [5, 5.41) is 6.74. The number of H-pyrrole nitrogens is 1. The zero-order chi connectivity index (χ0) is 36.7. The molecule has 4 aromatic rings. The molecule has 51 heavy (non-hydrogen) atoms.